The third kappa shape index (κ3) is 3.38. The van der Waals surface area contributed by atoms with Gasteiger partial charge in [-0.3, -0.25) is 0 Å². The molecule has 2 N–H and O–H groups in total. The summed E-state index contributed by atoms with van der Waals surface area (Å²) in [6.45, 7) is 14.4. The molecule has 1 heterocycles. The van der Waals surface area contributed by atoms with Crippen LogP contribution in [0.5, 0.6) is 0 Å². The van der Waals surface area contributed by atoms with Crippen molar-refractivity contribution in [3.05, 3.63) is 23.0 Å². The molecule has 104 valence electrons. The Hall–Kier alpha value is -0.760. The van der Waals surface area contributed by atoms with Crippen molar-refractivity contribution in [3.63, 3.8) is 0 Å². The minimum atomic E-state index is 0.538. The summed E-state index contributed by atoms with van der Waals surface area (Å²) < 4.78 is 2.44. The van der Waals surface area contributed by atoms with E-state index in [1.54, 1.807) is 0 Å². The normalized spacial score (nSPS) is 13.6. The Balaban J connectivity index is 3.08. The van der Waals surface area contributed by atoms with Gasteiger partial charge in [0.05, 0.1) is 0 Å². The molecule has 0 radical (unpaired) electrons. The van der Waals surface area contributed by atoms with Crippen LogP contribution < -0.4 is 5.73 Å². The second-order valence-corrected chi connectivity index (χ2v) is 6.19. The van der Waals surface area contributed by atoms with E-state index in [1.807, 2.05) is 0 Å². The molecule has 1 unspecified atom stereocenters. The summed E-state index contributed by atoms with van der Waals surface area (Å²) in [7, 11) is 0. The molecular formula is C16H30N2. The minimum absolute atomic E-state index is 0.538. The first kappa shape index (κ1) is 15.3. The number of hydrogen-bond acceptors (Lipinski definition) is 1. The quantitative estimate of drug-likeness (QED) is 0.807. The lowest BCUT2D eigenvalue weighted by Crippen LogP contribution is -2.11. The first-order valence-electron chi connectivity index (χ1n) is 7.26. The Labute approximate surface area is 113 Å². The molecule has 0 aromatic carbocycles. The highest BCUT2D eigenvalue weighted by atomic mass is 15.0. The van der Waals surface area contributed by atoms with Crippen LogP contribution in [-0.4, -0.2) is 11.1 Å². The summed E-state index contributed by atoms with van der Waals surface area (Å²) in [5.41, 5.74) is 10.1. The summed E-state index contributed by atoms with van der Waals surface area (Å²) in [6.07, 6.45) is 2.33. The van der Waals surface area contributed by atoms with Gasteiger partial charge in [-0.2, -0.15) is 0 Å². The molecule has 0 spiro atoms. The van der Waals surface area contributed by atoms with Crippen LogP contribution in [0.15, 0.2) is 6.07 Å². The lowest BCUT2D eigenvalue weighted by Gasteiger charge is -2.20. The predicted molar refractivity (Wildman–Crippen MR) is 80.2 cm³/mol. The van der Waals surface area contributed by atoms with Crippen LogP contribution in [0.25, 0.3) is 0 Å². The van der Waals surface area contributed by atoms with E-state index in [-0.39, 0.29) is 0 Å². The Kier molecular flexibility index (Phi) is 5.46. The van der Waals surface area contributed by atoms with E-state index in [0.717, 1.165) is 18.9 Å². The van der Waals surface area contributed by atoms with E-state index in [9.17, 15) is 0 Å². The lowest BCUT2D eigenvalue weighted by molar-refractivity contribution is 0.476. The second kappa shape index (κ2) is 6.42. The van der Waals surface area contributed by atoms with Crippen molar-refractivity contribution in [2.45, 2.75) is 66.3 Å². The Bertz CT molecular complexity index is 375. The van der Waals surface area contributed by atoms with Crippen molar-refractivity contribution in [2.24, 2.45) is 11.7 Å². The number of nitrogens with zero attached hydrogens (tertiary/aromatic N) is 1. The van der Waals surface area contributed by atoms with Crippen molar-refractivity contribution >= 4 is 0 Å². The molecule has 0 fully saturated rings. The van der Waals surface area contributed by atoms with E-state index >= 15 is 0 Å². The maximum atomic E-state index is 5.79. The minimum Gasteiger partial charge on any atom is -0.346 e. The van der Waals surface area contributed by atoms with E-state index in [2.05, 4.69) is 52.2 Å². The highest BCUT2D eigenvalue weighted by Gasteiger charge is 2.19. The summed E-state index contributed by atoms with van der Waals surface area (Å²) in [5.74, 6) is 1.34. The molecule has 0 saturated carbocycles. The largest absolute Gasteiger partial charge is 0.346 e. The molecular weight excluding hydrogens is 220 g/mol. The maximum Gasteiger partial charge on any atom is 0.0279 e. The van der Waals surface area contributed by atoms with Gasteiger partial charge >= 0.3 is 0 Å². The van der Waals surface area contributed by atoms with Crippen molar-refractivity contribution in [3.8, 4) is 0 Å². The van der Waals surface area contributed by atoms with Gasteiger partial charge in [0.25, 0.3) is 0 Å². The number of nitrogens with two attached hydrogens (primary N) is 1. The van der Waals surface area contributed by atoms with Gasteiger partial charge in [0, 0.05) is 17.4 Å². The first-order chi connectivity index (χ1) is 8.38. The van der Waals surface area contributed by atoms with Crippen LogP contribution in [0.2, 0.25) is 0 Å². The average molecular weight is 250 g/mol. The molecule has 2 heteroatoms. The van der Waals surface area contributed by atoms with E-state index in [4.69, 9.17) is 5.73 Å². The van der Waals surface area contributed by atoms with Gasteiger partial charge in [-0.25, -0.2) is 0 Å². The molecule has 18 heavy (non-hydrogen) atoms. The van der Waals surface area contributed by atoms with Gasteiger partial charge in [0.1, 0.15) is 0 Å². The summed E-state index contributed by atoms with van der Waals surface area (Å²) in [4.78, 5) is 0. The smallest absolute Gasteiger partial charge is 0.0279 e. The van der Waals surface area contributed by atoms with Crippen LogP contribution in [0, 0.1) is 19.8 Å². The molecule has 0 aliphatic heterocycles. The predicted octanol–water partition coefficient (Wildman–Crippen LogP) is 4.16. The second-order valence-electron chi connectivity index (χ2n) is 6.19. The molecule has 1 rings (SSSR count). The van der Waals surface area contributed by atoms with Gasteiger partial charge in [0.15, 0.2) is 0 Å². The van der Waals surface area contributed by atoms with Crippen LogP contribution in [0.3, 0.4) is 0 Å². The molecule has 0 aliphatic carbocycles. The van der Waals surface area contributed by atoms with Gasteiger partial charge in [-0.05, 0) is 70.5 Å². The number of aromatic nitrogens is 1. The summed E-state index contributed by atoms with van der Waals surface area (Å²) in [6, 6.07) is 2.91. The highest BCUT2D eigenvalue weighted by molar-refractivity contribution is 5.31. The van der Waals surface area contributed by atoms with Crippen molar-refractivity contribution in [1.82, 2.24) is 4.57 Å². The molecule has 1 aromatic heterocycles. The number of aryl methyl sites for hydroxylation is 1. The molecule has 1 aromatic rings. The fourth-order valence-corrected chi connectivity index (χ4v) is 3.18. The number of rotatable bonds is 6. The first-order valence-corrected chi connectivity index (χ1v) is 7.26. The monoisotopic (exact) mass is 250 g/mol. The van der Waals surface area contributed by atoms with E-state index in [0.29, 0.717) is 12.0 Å². The van der Waals surface area contributed by atoms with Crippen LogP contribution >= 0.6 is 0 Å². The molecule has 0 bridgehead atoms. The van der Waals surface area contributed by atoms with Crippen LogP contribution in [0.4, 0.5) is 0 Å². The summed E-state index contributed by atoms with van der Waals surface area (Å²) >= 11 is 0. The SMILES string of the molecule is Cc1cc(C(CCN)CC(C)C)c(C)n1C(C)C. The summed E-state index contributed by atoms with van der Waals surface area (Å²) in [5, 5.41) is 0. The van der Waals surface area contributed by atoms with Crippen LogP contribution in [0.1, 0.15) is 69.4 Å². The molecule has 0 aliphatic rings. The van der Waals surface area contributed by atoms with Crippen LogP contribution in [-0.2, 0) is 0 Å². The number of hydrogen-bond donors (Lipinski definition) is 1. The van der Waals surface area contributed by atoms with Crippen molar-refractivity contribution < 1.29 is 0 Å². The van der Waals surface area contributed by atoms with Gasteiger partial charge in [-0.1, -0.05) is 13.8 Å². The van der Waals surface area contributed by atoms with Crippen molar-refractivity contribution in [1.29, 1.82) is 0 Å². The fraction of sp³-hybridized carbons (Fsp3) is 0.750. The topological polar surface area (TPSA) is 30.9 Å². The molecule has 2 nitrogen and oxygen atoms in total. The van der Waals surface area contributed by atoms with Crippen molar-refractivity contribution in [2.75, 3.05) is 6.54 Å². The van der Waals surface area contributed by atoms with Gasteiger partial charge in [-0.15, -0.1) is 0 Å². The lowest BCUT2D eigenvalue weighted by atomic mass is 9.88. The zero-order valence-corrected chi connectivity index (χ0v) is 13.0. The maximum absolute atomic E-state index is 5.79. The van der Waals surface area contributed by atoms with Gasteiger partial charge < -0.3 is 10.3 Å². The Morgan fingerprint density at radius 2 is 1.78 bits per heavy atom. The third-order valence-electron chi connectivity index (χ3n) is 3.75. The average Bonchev–Trinajstić information content (AvgIpc) is 2.52. The third-order valence-corrected chi connectivity index (χ3v) is 3.75. The molecule has 0 saturated heterocycles. The standard InChI is InChI=1S/C16H30N2/c1-11(2)9-15(7-8-17)16-10-13(5)18(12(3)4)14(16)6/h10-12,15H,7-9,17H2,1-6H3. The Morgan fingerprint density at radius 1 is 1.17 bits per heavy atom. The Morgan fingerprint density at radius 3 is 2.17 bits per heavy atom. The zero-order valence-electron chi connectivity index (χ0n) is 13.0. The van der Waals surface area contributed by atoms with E-state index < -0.39 is 0 Å². The molecule has 0 amide bonds. The fourth-order valence-electron chi connectivity index (χ4n) is 3.18. The zero-order chi connectivity index (χ0) is 13.9. The highest BCUT2D eigenvalue weighted by Crippen LogP contribution is 2.32. The van der Waals surface area contributed by atoms with E-state index in [1.165, 1.54) is 23.4 Å². The van der Waals surface area contributed by atoms with Gasteiger partial charge in [0.2, 0.25) is 0 Å². The molecule has 1 atom stereocenters.